The van der Waals surface area contributed by atoms with E-state index in [0.717, 1.165) is 5.56 Å². The minimum atomic E-state index is -4.74. The highest BCUT2D eigenvalue weighted by Crippen LogP contribution is 2.43. The van der Waals surface area contributed by atoms with Crippen LogP contribution < -0.4 is 9.47 Å². The van der Waals surface area contributed by atoms with Gasteiger partial charge in [0, 0.05) is 18.5 Å². The lowest BCUT2D eigenvalue weighted by Gasteiger charge is -2.42. The monoisotopic (exact) mass is 485 g/mol. The third kappa shape index (κ3) is 5.11. The third-order valence-corrected chi connectivity index (χ3v) is 5.88. The maximum Gasteiger partial charge on any atom is 0.522 e. The van der Waals surface area contributed by atoms with E-state index in [1.54, 1.807) is 17.0 Å². The molecule has 4 rings (SSSR count). The molecule has 2 saturated heterocycles. The molecule has 0 aromatic heterocycles. The normalized spacial score (nSPS) is 22.4. The number of carbonyl (C=O) groups excluding carboxylic acids is 1. The Hall–Kier alpha value is -2.89. The Morgan fingerprint density at radius 1 is 1.15 bits per heavy atom. The first-order valence-corrected chi connectivity index (χ1v) is 10.5. The largest absolute Gasteiger partial charge is 0.522 e. The van der Waals surface area contributed by atoms with E-state index < -0.39 is 24.7 Å². The molecule has 2 atom stereocenters. The molecule has 2 fully saturated rings. The number of halogens is 4. The van der Waals surface area contributed by atoms with E-state index in [-0.39, 0.29) is 43.2 Å². The summed E-state index contributed by atoms with van der Waals surface area (Å²) < 4.78 is 75.5. The van der Waals surface area contributed by atoms with E-state index in [9.17, 15) is 22.4 Å². The molecular formula is C23H23F4NO6. The Kier molecular flexibility index (Phi) is 6.96. The number of nitrogens with zero attached hydrogens (tertiary/aromatic N) is 1. The maximum absolute atomic E-state index is 13.4. The molecule has 0 bridgehead atoms. The summed E-state index contributed by atoms with van der Waals surface area (Å²) >= 11 is 0. The molecule has 2 aromatic rings. The van der Waals surface area contributed by atoms with Crippen LogP contribution in [-0.4, -0.2) is 63.5 Å². The lowest BCUT2D eigenvalue weighted by molar-refractivity contribution is -0.325. The number of likely N-dealkylation sites (tertiary alicyclic amines) is 1. The number of ether oxygens (including phenoxy) is 5. The second kappa shape index (κ2) is 9.77. The number of benzene rings is 2. The van der Waals surface area contributed by atoms with Gasteiger partial charge in [-0.2, -0.15) is 0 Å². The molecule has 184 valence electrons. The zero-order valence-electron chi connectivity index (χ0n) is 18.3. The molecule has 2 aliphatic heterocycles. The Balaban J connectivity index is 1.43. The van der Waals surface area contributed by atoms with Crippen LogP contribution in [0.3, 0.4) is 0 Å². The first kappa shape index (κ1) is 24.2. The predicted molar refractivity (Wildman–Crippen MR) is 110 cm³/mol. The third-order valence-electron chi connectivity index (χ3n) is 5.88. The molecule has 0 unspecified atom stereocenters. The molecule has 2 aromatic carbocycles. The summed E-state index contributed by atoms with van der Waals surface area (Å²) in [6, 6.07) is 10.5. The van der Waals surface area contributed by atoms with Crippen molar-refractivity contribution in [3.8, 4) is 11.5 Å². The SMILES string of the molecule is COc1cc(C(=O)N2CC[C@]3(c4ccc(F)cc4)OCO[C@@H]3C2)ccc1OCCOC(F)(F)F. The molecule has 0 saturated carbocycles. The molecule has 2 heterocycles. The van der Waals surface area contributed by atoms with Crippen molar-refractivity contribution in [2.75, 3.05) is 40.2 Å². The number of hydrogen-bond acceptors (Lipinski definition) is 6. The summed E-state index contributed by atoms with van der Waals surface area (Å²) in [6.45, 7) is -0.306. The van der Waals surface area contributed by atoms with E-state index in [4.69, 9.17) is 18.9 Å². The fraction of sp³-hybridized carbons (Fsp3) is 0.435. The number of carbonyl (C=O) groups is 1. The minimum absolute atomic E-state index is 0.0714. The Labute approximate surface area is 193 Å². The summed E-state index contributed by atoms with van der Waals surface area (Å²) in [4.78, 5) is 14.8. The van der Waals surface area contributed by atoms with Gasteiger partial charge in [-0.25, -0.2) is 4.39 Å². The quantitative estimate of drug-likeness (QED) is 0.438. The van der Waals surface area contributed by atoms with Gasteiger partial charge in [-0.3, -0.25) is 9.53 Å². The number of amides is 1. The molecule has 0 spiro atoms. The van der Waals surface area contributed by atoms with E-state index in [1.807, 2.05) is 0 Å². The lowest BCUT2D eigenvalue weighted by atomic mass is 9.82. The molecule has 7 nitrogen and oxygen atoms in total. The van der Waals surface area contributed by atoms with E-state index >= 15 is 0 Å². The topological polar surface area (TPSA) is 66.5 Å². The predicted octanol–water partition coefficient (Wildman–Crippen LogP) is 3.86. The van der Waals surface area contributed by atoms with Crippen molar-refractivity contribution in [1.82, 2.24) is 4.90 Å². The van der Waals surface area contributed by atoms with Gasteiger partial charge in [-0.1, -0.05) is 12.1 Å². The highest BCUT2D eigenvalue weighted by molar-refractivity contribution is 5.95. The number of alkyl halides is 3. The van der Waals surface area contributed by atoms with Crippen LogP contribution in [0.2, 0.25) is 0 Å². The second-order valence-corrected chi connectivity index (χ2v) is 7.82. The highest BCUT2D eigenvalue weighted by Gasteiger charge is 2.51. The molecule has 34 heavy (non-hydrogen) atoms. The Morgan fingerprint density at radius 2 is 1.91 bits per heavy atom. The van der Waals surface area contributed by atoms with Gasteiger partial charge in [-0.05, 0) is 35.9 Å². The van der Waals surface area contributed by atoms with Crippen LogP contribution in [0, 0.1) is 5.82 Å². The summed E-state index contributed by atoms with van der Waals surface area (Å²) in [5.74, 6) is -0.228. The number of fused-ring (bicyclic) bond motifs is 1. The molecule has 2 aliphatic rings. The van der Waals surface area contributed by atoms with Crippen LogP contribution in [0.5, 0.6) is 11.5 Å². The maximum atomic E-state index is 13.4. The Bertz CT molecular complexity index is 1020. The smallest absolute Gasteiger partial charge is 0.493 e. The van der Waals surface area contributed by atoms with Crippen molar-refractivity contribution < 1.29 is 46.0 Å². The second-order valence-electron chi connectivity index (χ2n) is 7.82. The Morgan fingerprint density at radius 3 is 2.62 bits per heavy atom. The van der Waals surface area contributed by atoms with Crippen LogP contribution in [-0.2, 0) is 19.8 Å². The van der Waals surface area contributed by atoms with Gasteiger partial charge in [0.25, 0.3) is 5.91 Å². The summed E-state index contributed by atoms with van der Waals surface area (Å²) in [5.41, 5.74) is 0.364. The number of hydrogen-bond donors (Lipinski definition) is 0. The van der Waals surface area contributed by atoms with E-state index in [0.29, 0.717) is 18.5 Å². The summed E-state index contributed by atoms with van der Waals surface area (Å²) in [6.07, 6.45) is -4.69. The van der Waals surface area contributed by atoms with Gasteiger partial charge < -0.3 is 23.8 Å². The standard InChI is InChI=1S/C23H23F4NO6/c1-30-19-12-15(2-7-18(19)31-10-11-33-23(25,26)27)21(29)28-9-8-22(20(13-28)32-14-34-22)16-3-5-17(24)6-4-16/h2-7,12,20H,8-11,13-14H2,1H3/t20-,22-/m1/s1. The first-order valence-electron chi connectivity index (χ1n) is 10.5. The van der Waals surface area contributed by atoms with Crippen LogP contribution in [0.15, 0.2) is 42.5 Å². The van der Waals surface area contributed by atoms with Crippen LogP contribution in [0.4, 0.5) is 17.6 Å². The fourth-order valence-corrected chi connectivity index (χ4v) is 4.22. The van der Waals surface area contributed by atoms with Gasteiger partial charge in [0.05, 0.1) is 20.3 Å². The molecule has 0 radical (unpaired) electrons. The van der Waals surface area contributed by atoms with Crippen molar-refractivity contribution in [3.05, 3.63) is 59.4 Å². The van der Waals surface area contributed by atoms with Gasteiger partial charge in [0.1, 0.15) is 30.9 Å². The van der Waals surface area contributed by atoms with E-state index in [2.05, 4.69) is 4.74 Å². The summed E-state index contributed by atoms with van der Waals surface area (Å²) in [5, 5.41) is 0. The molecule has 1 amide bonds. The molecule has 0 aliphatic carbocycles. The van der Waals surface area contributed by atoms with Crippen LogP contribution in [0.25, 0.3) is 0 Å². The molecule has 11 heteroatoms. The van der Waals surface area contributed by atoms with Gasteiger partial charge in [-0.15, -0.1) is 13.2 Å². The van der Waals surface area contributed by atoms with Crippen molar-refractivity contribution in [3.63, 3.8) is 0 Å². The van der Waals surface area contributed by atoms with Crippen molar-refractivity contribution in [2.45, 2.75) is 24.5 Å². The van der Waals surface area contributed by atoms with Crippen LogP contribution >= 0.6 is 0 Å². The van der Waals surface area contributed by atoms with E-state index in [1.165, 1.54) is 37.4 Å². The first-order chi connectivity index (χ1) is 16.2. The average Bonchev–Trinajstić information content (AvgIpc) is 3.25. The van der Waals surface area contributed by atoms with Gasteiger partial charge in [0.15, 0.2) is 11.5 Å². The fourth-order valence-electron chi connectivity index (χ4n) is 4.22. The zero-order chi connectivity index (χ0) is 24.3. The zero-order valence-corrected chi connectivity index (χ0v) is 18.3. The van der Waals surface area contributed by atoms with Crippen molar-refractivity contribution in [1.29, 1.82) is 0 Å². The number of rotatable bonds is 7. The minimum Gasteiger partial charge on any atom is -0.493 e. The average molecular weight is 485 g/mol. The van der Waals surface area contributed by atoms with Crippen molar-refractivity contribution in [2.24, 2.45) is 0 Å². The van der Waals surface area contributed by atoms with Gasteiger partial charge in [0.2, 0.25) is 0 Å². The molecule has 0 N–H and O–H groups in total. The molecular weight excluding hydrogens is 462 g/mol. The van der Waals surface area contributed by atoms with Gasteiger partial charge >= 0.3 is 6.36 Å². The number of piperidine rings is 1. The summed E-state index contributed by atoms with van der Waals surface area (Å²) in [7, 11) is 1.37. The number of methoxy groups -OCH3 is 1. The van der Waals surface area contributed by atoms with Crippen molar-refractivity contribution >= 4 is 5.91 Å². The lowest BCUT2D eigenvalue weighted by Crippen LogP contribution is -2.53. The highest BCUT2D eigenvalue weighted by atomic mass is 19.4. The van der Waals surface area contributed by atoms with Crippen LogP contribution in [0.1, 0.15) is 22.3 Å².